The molecule has 0 saturated carbocycles. The Bertz CT molecular complexity index is 839. The van der Waals surface area contributed by atoms with Gasteiger partial charge in [0.05, 0.1) is 11.6 Å². The monoisotopic (exact) mass is 392 g/mol. The summed E-state index contributed by atoms with van der Waals surface area (Å²) in [6.45, 7) is 6.05. The smallest absolute Gasteiger partial charge is 0.416 e. The van der Waals surface area contributed by atoms with Crippen LogP contribution in [0.5, 0.6) is 5.75 Å². The Balaban J connectivity index is 1.62. The van der Waals surface area contributed by atoms with E-state index in [0.717, 1.165) is 43.9 Å². The number of aliphatic hydroxyl groups is 1. The third kappa shape index (κ3) is 3.62. The van der Waals surface area contributed by atoms with Gasteiger partial charge in [-0.2, -0.15) is 13.2 Å². The molecular formula is C21H23F3N2O2. The number of benzene rings is 2. The number of likely N-dealkylation sites (N-methyl/N-ethyl adjacent to an activating group) is 1. The molecule has 1 unspecified atom stereocenters. The van der Waals surface area contributed by atoms with E-state index in [4.69, 9.17) is 4.74 Å². The Hall–Kier alpha value is -2.09. The molecule has 4 nitrogen and oxygen atoms in total. The topological polar surface area (TPSA) is 35.9 Å². The highest BCUT2D eigenvalue weighted by Crippen LogP contribution is 2.37. The largest absolute Gasteiger partial charge is 0.491 e. The van der Waals surface area contributed by atoms with E-state index < -0.39 is 18.0 Å². The lowest BCUT2D eigenvalue weighted by molar-refractivity contribution is -0.137. The summed E-state index contributed by atoms with van der Waals surface area (Å²) in [5, 5.41) is 11.0. The third-order valence-corrected chi connectivity index (χ3v) is 5.64. The molecule has 4 rings (SSSR count). The molecule has 1 N–H and O–H groups in total. The van der Waals surface area contributed by atoms with Crippen molar-refractivity contribution in [1.82, 2.24) is 9.80 Å². The molecule has 0 aromatic heterocycles. The fourth-order valence-electron chi connectivity index (χ4n) is 3.97. The summed E-state index contributed by atoms with van der Waals surface area (Å²) in [4.78, 5) is 4.38. The first kappa shape index (κ1) is 19.2. The molecule has 0 radical (unpaired) electrons. The molecule has 1 fully saturated rings. The van der Waals surface area contributed by atoms with Gasteiger partial charge in [0, 0.05) is 25.2 Å². The van der Waals surface area contributed by atoms with Crippen LogP contribution in [0.25, 0.3) is 11.1 Å². The minimum absolute atomic E-state index is 0.102. The summed E-state index contributed by atoms with van der Waals surface area (Å²) in [7, 11) is 0. The number of halogens is 3. The van der Waals surface area contributed by atoms with Crippen LogP contribution >= 0.6 is 0 Å². The van der Waals surface area contributed by atoms with Crippen LogP contribution in [-0.4, -0.2) is 53.7 Å². The van der Waals surface area contributed by atoms with E-state index in [1.54, 1.807) is 6.07 Å². The van der Waals surface area contributed by atoms with E-state index in [1.165, 1.54) is 12.1 Å². The molecule has 2 aromatic rings. The van der Waals surface area contributed by atoms with Gasteiger partial charge in [0.25, 0.3) is 0 Å². The van der Waals surface area contributed by atoms with Gasteiger partial charge in [-0.25, -0.2) is 0 Å². The van der Waals surface area contributed by atoms with Crippen molar-refractivity contribution in [2.75, 3.05) is 32.8 Å². The van der Waals surface area contributed by atoms with Crippen molar-refractivity contribution in [3.8, 4) is 16.9 Å². The average molecular weight is 392 g/mol. The van der Waals surface area contributed by atoms with E-state index in [0.29, 0.717) is 23.5 Å². The Kier molecular flexibility index (Phi) is 5.07. The van der Waals surface area contributed by atoms with Crippen LogP contribution in [0, 0.1) is 0 Å². The summed E-state index contributed by atoms with van der Waals surface area (Å²) in [5.74, 6) is 0.626. The van der Waals surface area contributed by atoms with Gasteiger partial charge in [-0.15, -0.1) is 0 Å². The number of piperazine rings is 1. The van der Waals surface area contributed by atoms with Crippen molar-refractivity contribution in [2.45, 2.75) is 25.4 Å². The van der Waals surface area contributed by atoms with Crippen molar-refractivity contribution < 1.29 is 23.0 Å². The first-order valence-electron chi connectivity index (χ1n) is 9.47. The van der Waals surface area contributed by atoms with Crippen LogP contribution in [0.1, 0.15) is 24.3 Å². The van der Waals surface area contributed by atoms with E-state index in [-0.39, 0.29) is 6.04 Å². The number of hydrogen-bond donors (Lipinski definition) is 1. The van der Waals surface area contributed by atoms with Gasteiger partial charge < -0.3 is 14.7 Å². The summed E-state index contributed by atoms with van der Waals surface area (Å²) in [6.07, 6.45) is -5.15. The van der Waals surface area contributed by atoms with Crippen LogP contribution in [0.4, 0.5) is 13.2 Å². The summed E-state index contributed by atoms with van der Waals surface area (Å²) in [6, 6.07) is 10.6. The van der Waals surface area contributed by atoms with Gasteiger partial charge in [-0.05, 0) is 41.9 Å². The first-order valence-corrected chi connectivity index (χ1v) is 9.47. The predicted molar refractivity (Wildman–Crippen MR) is 99.9 cm³/mol. The Morgan fingerprint density at radius 3 is 2.46 bits per heavy atom. The Morgan fingerprint density at radius 2 is 1.79 bits per heavy atom. The highest BCUT2D eigenvalue weighted by molar-refractivity contribution is 5.66. The van der Waals surface area contributed by atoms with Crippen molar-refractivity contribution in [1.29, 1.82) is 0 Å². The van der Waals surface area contributed by atoms with Crippen LogP contribution in [0.3, 0.4) is 0 Å². The zero-order valence-electron chi connectivity index (χ0n) is 15.6. The van der Waals surface area contributed by atoms with Gasteiger partial charge in [-0.3, -0.25) is 4.90 Å². The highest BCUT2D eigenvalue weighted by atomic mass is 19.4. The number of nitrogens with zero attached hydrogens (tertiary/aromatic N) is 2. The minimum atomic E-state index is -4.36. The van der Waals surface area contributed by atoms with Crippen molar-refractivity contribution in [2.24, 2.45) is 0 Å². The van der Waals surface area contributed by atoms with Crippen molar-refractivity contribution in [3.05, 3.63) is 53.6 Å². The Labute approximate surface area is 162 Å². The van der Waals surface area contributed by atoms with Gasteiger partial charge >= 0.3 is 6.18 Å². The number of aliphatic hydroxyl groups excluding tert-OH is 1. The fraction of sp³-hybridized carbons (Fsp3) is 0.429. The standard InChI is InChI=1S/C21H23F3N2O2/c1-2-25-9-10-26-17(12-25)13-28-19-8-5-15(11-18(19)20(26)27)14-3-6-16(7-4-14)21(22,23)24/h3-8,11,17,20,27H,2,9-10,12-13H2,1H3/t17-,20?/m0/s1. The number of alkyl halides is 3. The maximum Gasteiger partial charge on any atom is 0.416 e. The van der Waals surface area contributed by atoms with Crippen molar-refractivity contribution >= 4 is 0 Å². The highest BCUT2D eigenvalue weighted by Gasteiger charge is 2.36. The summed E-state index contributed by atoms with van der Waals surface area (Å²) in [5.41, 5.74) is 1.40. The van der Waals surface area contributed by atoms with Gasteiger partial charge in [-0.1, -0.05) is 25.1 Å². The lowest BCUT2D eigenvalue weighted by atomic mass is 10.00. The summed E-state index contributed by atoms with van der Waals surface area (Å²) >= 11 is 0. The minimum Gasteiger partial charge on any atom is -0.491 e. The van der Waals surface area contributed by atoms with Crippen LogP contribution in [0.2, 0.25) is 0 Å². The van der Waals surface area contributed by atoms with E-state index >= 15 is 0 Å². The van der Waals surface area contributed by atoms with E-state index in [2.05, 4.69) is 16.7 Å². The molecule has 2 aromatic carbocycles. The molecular weight excluding hydrogens is 369 g/mol. The maximum atomic E-state index is 12.8. The molecule has 0 amide bonds. The van der Waals surface area contributed by atoms with Crippen LogP contribution in [-0.2, 0) is 6.18 Å². The van der Waals surface area contributed by atoms with Gasteiger partial charge in [0.15, 0.2) is 0 Å². The number of ether oxygens (including phenoxy) is 1. The van der Waals surface area contributed by atoms with Gasteiger partial charge in [0.1, 0.15) is 18.6 Å². The molecule has 28 heavy (non-hydrogen) atoms. The molecule has 0 bridgehead atoms. The van der Waals surface area contributed by atoms with E-state index in [1.807, 2.05) is 12.1 Å². The molecule has 2 aliphatic heterocycles. The zero-order chi connectivity index (χ0) is 19.9. The lowest BCUT2D eigenvalue weighted by Gasteiger charge is -2.41. The SMILES string of the molecule is CCN1CCN2C(O)c3cc(-c4ccc(C(F)(F)F)cc4)ccc3OC[C@@H]2C1. The Morgan fingerprint density at radius 1 is 1.07 bits per heavy atom. The number of fused-ring (bicyclic) bond motifs is 2. The molecule has 2 aliphatic rings. The molecule has 7 heteroatoms. The second-order valence-corrected chi connectivity index (χ2v) is 7.30. The number of rotatable bonds is 2. The predicted octanol–water partition coefficient (Wildman–Crippen LogP) is 3.76. The molecule has 2 heterocycles. The summed E-state index contributed by atoms with van der Waals surface area (Å²) < 4.78 is 44.3. The maximum absolute atomic E-state index is 12.8. The van der Waals surface area contributed by atoms with E-state index in [9.17, 15) is 18.3 Å². The molecule has 0 spiro atoms. The average Bonchev–Trinajstić information content (AvgIpc) is 2.83. The van der Waals surface area contributed by atoms with Crippen molar-refractivity contribution in [3.63, 3.8) is 0 Å². The third-order valence-electron chi connectivity index (χ3n) is 5.64. The molecule has 2 atom stereocenters. The zero-order valence-corrected chi connectivity index (χ0v) is 15.6. The van der Waals surface area contributed by atoms with Crippen LogP contribution < -0.4 is 4.74 Å². The lowest BCUT2D eigenvalue weighted by Crippen LogP contribution is -2.55. The molecule has 1 saturated heterocycles. The second kappa shape index (κ2) is 7.39. The molecule has 150 valence electrons. The number of hydrogen-bond acceptors (Lipinski definition) is 4. The normalized spacial score (nSPS) is 23.5. The quantitative estimate of drug-likeness (QED) is 0.844. The second-order valence-electron chi connectivity index (χ2n) is 7.30. The molecule has 0 aliphatic carbocycles. The first-order chi connectivity index (χ1) is 13.4. The van der Waals surface area contributed by atoms with Crippen LogP contribution in [0.15, 0.2) is 42.5 Å². The fourth-order valence-corrected chi connectivity index (χ4v) is 3.97. The van der Waals surface area contributed by atoms with Gasteiger partial charge in [0.2, 0.25) is 0 Å².